The van der Waals surface area contributed by atoms with Gasteiger partial charge in [0.25, 0.3) is 0 Å². The molecule has 0 aliphatic heterocycles. The third-order valence-electron chi connectivity index (χ3n) is 3.93. The summed E-state index contributed by atoms with van der Waals surface area (Å²) in [4.78, 5) is 25.7. The maximum absolute atomic E-state index is 12.2. The van der Waals surface area contributed by atoms with Crippen LogP contribution in [0.4, 0.5) is 10.8 Å². The first-order valence-electron chi connectivity index (χ1n) is 8.08. The van der Waals surface area contributed by atoms with E-state index in [0.29, 0.717) is 9.47 Å². The predicted molar refractivity (Wildman–Crippen MR) is 101 cm³/mol. The zero-order chi connectivity index (χ0) is 18.0. The number of carbonyl (C=O) groups excluding carboxylic acids is 2. The summed E-state index contributed by atoms with van der Waals surface area (Å²) in [5.74, 6) is 0.166. The van der Waals surface area contributed by atoms with Crippen LogP contribution in [0.3, 0.4) is 0 Å². The Kier molecular flexibility index (Phi) is 5.39. The molecule has 2 amide bonds. The molecule has 1 fully saturated rings. The molecule has 1 N–H and O–H groups in total. The van der Waals surface area contributed by atoms with Crippen LogP contribution in [0.5, 0.6) is 0 Å². The molecule has 1 aromatic carbocycles. The number of nitrogens with zero attached hydrogens (tertiary/aromatic N) is 3. The van der Waals surface area contributed by atoms with Gasteiger partial charge in [-0.25, -0.2) is 0 Å². The van der Waals surface area contributed by atoms with Gasteiger partial charge in [-0.3, -0.25) is 14.5 Å². The summed E-state index contributed by atoms with van der Waals surface area (Å²) in [6, 6.07) is 6.18. The second-order valence-electron chi connectivity index (χ2n) is 6.07. The number of para-hydroxylation sites is 1. The van der Waals surface area contributed by atoms with Crippen molar-refractivity contribution in [2.24, 2.45) is 0 Å². The lowest BCUT2D eigenvalue weighted by Gasteiger charge is -2.15. The van der Waals surface area contributed by atoms with E-state index in [4.69, 9.17) is 0 Å². The van der Waals surface area contributed by atoms with Crippen molar-refractivity contribution in [3.05, 3.63) is 29.3 Å². The summed E-state index contributed by atoms with van der Waals surface area (Å²) in [6.07, 6.45) is 2.03. The highest BCUT2D eigenvalue weighted by molar-refractivity contribution is 8.01. The van der Waals surface area contributed by atoms with Crippen LogP contribution in [0.1, 0.15) is 30.9 Å². The van der Waals surface area contributed by atoms with Crippen molar-refractivity contribution < 1.29 is 9.59 Å². The van der Waals surface area contributed by atoms with Gasteiger partial charge < -0.3 is 5.32 Å². The number of anilines is 2. The molecule has 132 valence electrons. The maximum atomic E-state index is 12.2. The van der Waals surface area contributed by atoms with Crippen LogP contribution in [0.2, 0.25) is 0 Å². The summed E-state index contributed by atoms with van der Waals surface area (Å²) in [5, 5.41) is 11.8. The Morgan fingerprint density at radius 3 is 2.56 bits per heavy atom. The molecule has 1 aromatic heterocycles. The molecule has 0 atom stereocenters. The van der Waals surface area contributed by atoms with Crippen LogP contribution in [0, 0.1) is 13.8 Å². The standard InChI is InChI=1S/C17H20N4O2S2/c1-10-5-4-6-11(2)15(10)18-14(23)9-24-17-20-19-16(25-17)21(12(3)22)13-7-8-13/h4-6,13H,7-9H2,1-3H3,(H,18,23). The molecule has 2 aromatic rings. The van der Waals surface area contributed by atoms with Crippen LogP contribution in [-0.2, 0) is 9.59 Å². The van der Waals surface area contributed by atoms with E-state index in [1.54, 1.807) is 11.8 Å². The number of hydrogen-bond donors (Lipinski definition) is 1. The SMILES string of the molecule is CC(=O)N(c1nnc(SCC(=O)Nc2c(C)cccc2C)s1)C1CC1. The first-order chi connectivity index (χ1) is 12.0. The number of hydrogen-bond acceptors (Lipinski definition) is 6. The Balaban J connectivity index is 1.58. The molecule has 0 saturated heterocycles. The number of rotatable bonds is 6. The van der Waals surface area contributed by atoms with Crippen LogP contribution >= 0.6 is 23.1 Å². The van der Waals surface area contributed by atoms with E-state index in [-0.39, 0.29) is 23.6 Å². The molecule has 1 heterocycles. The maximum Gasteiger partial charge on any atom is 0.234 e. The molecule has 0 bridgehead atoms. The Morgan fingerprint density at radius 2 is 1.96 bits per heavy atom. The van der Waals surface area contributed by atoms with Crippen molar-refractivity contribution in [2.75, 3.05) is 16.0 Å². The van der Waals surface area contributed by atoms with Gasteiger partial charge in [0.1, 0.15) is 0 Å². The number of carbonyl (C=O) groups is 2. The number of thioether (sulfide) groups is 1. The lowest BCUT2D eigenvalue weighted by molar-refractivity contribution is -0.116. The van der Waals surface area contributed by atoms with Crippen LogP contribution < -0.4 is 10.2 Å². The Labute approximate surface area is 155 Å². The minimum Gasteiger partial charge on any atom is -0.325 e. The van der Waals surface area contributed by atoms with E-state index in [2.05, 4.69) is 15.5 Å². The zero-order valence-electron chi connectivity index (χ0n) is 14.4. The van der Waals surface area contributed by atoms with Crippen molar-refractivity contribution in [3.63, 3.8) is 0 Å². The van der Waals surface area contributed by atoms with Gasteiger partial charge in [-0.2, -0.15) is 0 Å². The second-order valence-corrected chi connectivity index (χ2v) is 8.25. The van der Waals surface area contributed by atoms with Gasteiger partial charge in [-0.1, -0.05) is 41.3 Å². The van der Waals surface area contributed by atoms with Crippen molar-refractivity contribution in [1.82, 2.24) is 10.2 Å². The first-order valence-corrected chi connectivity index (χ1v) is 9.88. The Bertz CT molecular complexity index is 781. The Morgan fingerprint density at radius 1 is 1.28 bits per heavy atom. The minimum atomic E-state index is -0.0789. The monoisotopic (exact) mass is 376 g/mol. The normalized spacial score (nSPS) is 13.6. The molecule has 0 radical (unpaired) electrons. The predicted octanol–water partition coefficient (Wildman–Crippen LogP) is 3.40. The summed E-state index contributed by atoms with van der Waals surface area (Å²) in [5.41, 5.74) is 2.94. The molecular formula is C17H20N4O2S2. The van der Waals surface area contributed by atoms with Gasteiger partial charge in [0, 0.05) is 18.7 Å². The number of benzene rings is 1. The summed E-state index contributed by atoms with van der Waals surface area (Å²) < 4.78 is 0.693. The highest BCUT2D eigenvalue weighted by atomic mass is 32.2. The molecule has 1 aliphatic carbocycles. The van der Waals surface area contributed by atoms with E-state index in [0.717, 1.165) is 29.7 Å². The van der Waals surface area contributed by atoms with Crippen LogP contribution in [0.15, 0.2) is 22.5 Å². The smallest absolute Gasteiger partial charge is 0.234 e. The number of aryl methyl sites for hydroxylation is 2. The third kappa shape index (κ3) is 4.38. The fourth-order valence-electron chi connectivity index (χ4n) is 2.55. The first kappa shape index (κ1) is 17.9. The highest BCUT2D eigenvalue weighted by Gasteiger charge is 2.34. The molecule has 1 aliphatic rings. The van der Waals surface area contributed by atoms with Crippen molar-refractivity contribution in [2.45, 2.75) is 44.0 Å². The molecule has 1 saturated carbocycles. The summed E-state index contributed by atoms with van der Waals surface area (Å²) >= 11 is 2.69. The van der Waals surface area contributed by atoms with Crippen molar-refractivity contribution in [1.29, 1.82) is 0 Å². The number of aromatic nitrogens is 2. The number of nitrogens with one attached hydrogen (secondary N) is 1. The largest absolute Gasteiger partial charge is 0.325 e. The van der Waals surface area contributed by atoms with Gasteiger partial charge in [0.2, 0.25) is 16.9 Å². The lowest BCUT2D eigenvalue weighted by Crippen LogP contribution is -2.30. The van der Waals surface area contributed by atoms with Crippen LogP contribution in [0.25, 0.3) is 0 Å². The van der Waals surface area contributed by atoms with Crippen LogP contribution in [-0.4, -0.2) is 33.8 Å². The van der Waals surface area contributed by atoms with Gasteiger partial charge in [0.15, 0.2) is 4.34 Å². The topological polar surface area (TPSA) is 75.2 Å². The zero-order valence-corrected chi connectivity index (χ0v) is 16.0. The van der Waals surface area contributed by atoms with Gasteiger partial charge in [-0.05, 0) is 37.8 Å². The van der Waals surface area contributed by atoms with E-state index in [1.165, 1.54) is 23.1 Å². The molecular weight excluding hydrogens is 356 g/mol. The fraction of sp³-hybridized carbons (Fsp3) is 0.412. The van der Waals surface area contributed by atoms with Gasteiger partial charge >= 0.3 is 0 Å². The minimum absolute atomic E-state index is 0.0111. The molecule has 8 heteroatoms. The number of amides is 2. The fourth-order valence-corrected chi connectivity index (χ4v) is 4.31. The van der Waals surface area contributed by atoms with E-state index >= 15 is 0 Å². The molecule has 6 nitrogen and oxygen atoms in total. The average Bonchev–Trinajstić information content (AvgIpc) is 3.27. The van der Waals surface area contributed by atoms with Gasteiger partial charge in [0.05, 0.1) is 5.75 Å². The summed E-state index contributed by atoms with van der Waals surface area (Å²) in [6.45, 7) is 5.49. The van der Waals surface area contributed by atoms with E-state index in [9.17, 15) is 9.59 Å². The Hall–Kier alpha value is -1.93. The molecule has 3 rings (SSSR count). The second kappa shape index (κ2) is 7.53. The average molecular weight is 377 g/mol. The molecule has 0 unspecified atom stereocenters. The molecule has 0 spiro atoms. The van der Waals surface area contributed by atoms with Crippen molar-refractivity contribution >= 4 is 45.7 Å². The lowest BCUT2D eigenvalue weighted by atomic mass is 10.1. The summed E-state index contributed by atoms with van der Waals surface area (Å²) in [7, 11) is 0. The quantitative estimate of drug-likeness (QED) is 0.618. The molecule has 25 heavy (non-hydrogen) atoms. The van der Waals surface area contributed by atoms with Gasteiger partial charge in [-0.15, -0.1) is 10.2 Å². The third-order valence-corrected chi connectivity index (χ3v) is 5.98. The highest BCUT2D eigenvalue weighted by Crippen LogP contribution is 2.35. The van der Waals surface area contributed by atoms with Crippen molar-refractivity contribution in [3.8, 4) is 0 Å². The van der Waals surface area contributed by atoms with E-state index in [1.807, 2.05) is 32.0 Å². The van der Waals surface area contributed by atoms with E-state index < -0.39 is 0 Å².